The van der Waals surface area contributed by atoms with Gasteiger partial charge in [-0.2, -0.15) is 0 Å². The lowest BCUT2D eigenvalue weighted by Gasteiger charge is -2.18. The molecule has 2 saturated heterocycles. The molecule has 2 aromatic rings. The molecule has 0 aliphatic carbocycles. The normalized spacial score (nSPS) is 22.0. The minimum atomic E-state index is -0.0868. The lowest BCUT2D eigenvalue weighted by atomic mass is 10.2. The van der Waals surface area contributed by atoms with Gasteiger partial charge in [-0.05, 0) is 37.1 Å². The quantitative estimate of drug-likeness (QED) is 0.530. The van der Waals surface area contributed by atoms with Crippen molar-refractivity contribution in [1.29, 1.82) is 0 Å². The molecule has 134 valence electrons. The maximum absolute atomic E-state index is 12.7. The van der Waals surface area contributed by atoms with E-state index in [0.29, 0.717) is 32.3 Å². The fraction of sp³-hybridized carbons (Fsp3) is 0.263. The van der Waals surface area contributed by atoms with Crippen molar-refractivity contribution < 1.29 is 13.9 Å². The zero-order valence-corrected chi connectivity index (χ0v) is 16.2. The first-order chi connectivity index (χ1) is 12.6. The molecule has 2 aliphatic heterocycles. The summed E-state index contributed by atoms with van der Waals surface area (Å²) in [5, 5.41) is 0.649. The van der Waals surface area contributed by atoms with Gasteiger partial charge < -0.3 is 9.15 Å². The third-order valence-corrected chi connectivity index (χ3v) is 5.91. The number of thiocarbonyl (C=S) groups is 1. The molecule has 0 spiro atoms. The summed E-state index contributed by atoms with van der Waals surface area (Å²) in [5.74, 6) is 1.22. The minimum absolute atomic E-state index is 0.0786. The number of hydrogen-bond acceptors (Lipinski definition) is 5. The van der Waals surface area contributed by atoms with Crippen LogP contribution in [0.25, 0.3) is 17.4 Å². The maximum atomic E-state index is 12.7. The van der Waals surface area contributed by atoms with Gasteiger partial charge in [0.05, 0.1) is 17.6 Å². The van der Waals surface area contributed by atoms with Crippen LogP contribution in [0.2, 0.25) is 5.02 Å². The van der Waals surface area contributed by atoms with Crippen LogP contribution in [0.4, 0.5) is 0 Å². The van der Waals surface area contributed by atoms with Gasteiger partial charge in [0.15, 0.2) is 0 Å². The number of hydrogen-bond donors (Lipinski definition) is 0. The van der Waals surface area contributed by atoms with Crippen LogP contribution in [0.3, 0.4) is 0 Å². The van der Waals surface area contributed by atoms with Crippen LogP contribution in [0.5, 0.6) is 0 Å². The van der Waals surface area contributed by atoms with E-state index in [1.807, 2.05) is 36.4 Å². The fourth-order valence-corrected chi connectivity index (χ4v) is 4.45. The molecule has 26 heavy (non-hydrogen) atoms. The van der Waals surface area contributed by atoms with Crippen LogP contribution in [0.1, 0.15) is 18.6 Å². The Hall–Kier alpha value is -1.60. The van der Waals surface area contributed by atoms with Crippen LogP contribution in [-0.2, 0) is 9.53 Å². The Labute approximate surface area is 166 Å². The summed E-state index contributed by atoms with van der Waals surface area (Å²) in [7, 11) is 0. The Morgan fingerprint density at radius 3 is 3.00 bits per heavy atom. The standard InChI is InChI=1S/C19H16ClNO3S2/c20-13-4-1-3-12(9-13)16-7-6-14(24-16)10-17-18(22)21(19(25)26-17)11-15-5-2-8-23-15/h1,3-4,6-7,9-10,15H,2,5,8,11H2/b17-10+/t15-/m1/s1. The summed E-state index contributed by atoms with van der Waals surface area (Å²) in [6.07, 6.45) is 3.82. The van der Waals surface area contributed by atoms with Crippen LogP contribution < -0.4 is 0 Å². The van der Waals surface area contributed by atoms with E-state index in [-0.39, 0.29) is 12.0 Å². The monoisotopic (exact) mass is 405 g/mol. The highest BCUT2D eigenvalue weighted by Gasteiger charge is 2.34. The van der Waals surface area contributed by atoms with Crippen molar-refractivity contribution in [2.24, 2.45) is 0 Å². The van der Waals surface area contributed by atoms with Crippen LogP contribution >= 0.6 is 35.6 Å². The molecule has 7 heteroatoms. The molecule has 4 rings (SSSR count). The molecular weight excluding hydrogens is 390 g/mol. The zero-order valence-electron chi connectivity index (χ0n) is 13.8. The van der Waals surface area contributed by atoms with E-state index in [4.69, 9.17) is 33.0 Å². The highest BCUT2D eigenvalue weighted by Crippen LogP contribution is 2.34. The van der Waals surface area contributed by atoms with E-state index in [2.05, 4.69) is 0 Å². The molecule has 0 saturated carbocycles. The highest BCUT2D eigenvalue weighted by atomic mass is 35.5. The van der Waals surface area contributed by atoms with Crippen molar-refractivity contribution in [2.45, 2.75) is 18.9 Å². The molecule has 3 heterocycles. The average molecular weight is 406 g/mol. The van der Waals surface area contributed by atoms with Gasteiger partial charge in [-0.15, -0.1) is 0 Å². The van der Waals surface area contributed by atoms with E-state index in [1.54, 1.807) is 11.0 Å². The van der Waals surface area contributed by atoms with Gasteiger partial charge >= 0.3 is 0 Å². The highest BCUT2D eigenvalue weighted by molar-refractivity contribution is 8.26. The summed E-state index contributed by atoms with van der Waals surface area (Å²) in [4.78, 5) is 14.9. The average Bonchev–Trinajstić information content (AvgIpc) is 3.34. The summed E-state index contributed by atoms with van der Waals surface area (Å²) >= 11 is 12.7. The Balaban J connectivity index is 1.51. The second-order valence-electron chi connectivity index (χ2n) is 6.14. The number of nitrogens with zero attached hydrogens (tertiary/aromatic N) is 1. The summed E-state index contributed by atoms with van der Waals surface area (Å²) in [5.41, 5.74) is 0.892. The van der Waals surface area contributed by atoms with Gasteiger partial charge in [0.25, 0.3) is 5.91 Å². The van der Waals surface area contributed by atoms with E-state index >= 15 is 0 Å². The van der Waals surface area contributed by atoms with Gasteiger partial charge in [0, 0.05) is 23.3 Å². The van der Waals surface area contributed by atoms with Gasteiger partial charge in [0.1, 0.15) is 15.8 Å². The number of amides is 1. The topological polar surface area (TPSA) is 42.7 Å². The first-order valence-electron chi connectivity index (χ1n) is 8.33. The maximum Gasteiger partial charge on any atom is 0.266 e. The van der Waals surface area contributed by atoms with Crippen molar-refractivity contribution in [1.82, 2.24) is 4.90 Å². The molecule has 2 aliphatic rings. The Bertz CT molecular complexity index is 886. The third-order valence-electron chi connectivity index (χ3n) is 4.29. The molecule has 0 radical (unpaired) electrons. The molecule has 0 bridgehead atoms. The molecule has 1 aromatic heterocycles. The smallest absolute Gasteiger partial charge is 0.266 e. The lowest BCUT2D eigenvalue weighted by molar-refractivity contribution is -0.123. The summed E-state index contributed by atoms with van der Waals surface area (Å²) in [6.45, 7) is 1.28. The number of benzene rings is 1. The number of furan rings is 1. The van der Waals surface area contributed by atoms with Crippen LogP contribution in [-0.4, -0.2) is 34.4 Å². The lowest BCUT2D eigenvalue weighted by Crippen LogP contribution is -2.35. The van der Waals surface area contributed by atoms with Gasteiger partial charge in [-0.25, -0.2) is 0 Å². The first kappa shape index (κ1) is 17.8. The fourth-order valence-electron chi connectivity index (χ4n) is 3.01. The number of thioether (sulfide) groups is 1. The molecule has 4 nitrogen and oxygen atoms in total. The second kappa shape index (κ2) is 7.56. The van der Waals surface area contributed by atoms with E-state index in [0.717, 1.165) is 25.0 Å². The van der Waals surface area contributed by atoms with Gasteiger partial charge in [0.2, 0.25) is 0 Å². The third kappa shape index (κ3) is 3.74. The molecular formula is C19H16ClNO3S2. The van der Waals surface area contributed by atoms with Crippen molar-refractivity contribution >= 4 is 51.9 Å². The molecule has 2 fully saturated rings. The summed E-state index contributed by atoms with van der Waals surface area (Å²) < 4.78 is 12.0. The van der Waals surface area contributed by atoms with Crippen molar-refractivity contribution in [2.75, 3.05) is 13.2 Å². The first-order valence-corrected chi connectivity index (χ1v) is 9.93. The minimum Gasteiger partial charge on any atom is -0.457 e. The number of carbonyl (C=O) groups excluding carboxylic acids is 1. The second-order valence-corrected chi connectivity index (χ2v) is 8.25. The van der Waals surface area contributed by atoms with E-state index < -0.39 is 0 Å². The Morgan fingerprint density at radius 1 is 1.35 bits per heavy atom. The van der Waals surface area contributed by atoms with E-state index in [1.165, 1.54) is 11.8 Å². The predicted octanol–water partition coefficient (Wildman–Crippen LogP) is 4.98. The van der Waals surface area contributed by atoms with Crippen molar-refractivity contribution in [3.05, 3.63) is 52.1 Å². The largest absolute Gasteiger partial charge is 0.457 e. The molecule has 1 aromatic carbocycles. The number of rotatable bonds is 4. The predicted molar refractivity (Wildman–Crippen MR) is 108 cm³/mol. The van der Waals surface area contributed by atoms with E-state index in [9.17, 15) is 4.79 Å². The molecule has 1 amide bonds. The number of halogens is 1. The summed E-state index contributed by atoms with van der Waals surface area (Å²) in [6, 6.07) is 11.2. The van der Waals surface area contributed by atoms with Crippen LogP contribution in [0.15, 0.2) is 45.7 Å². The van der Waals surface area contributed by atoms with Gasteiger partial charge in [-0.1, -0.05) is 47.7 Å². The molecule has 0 N–H and O–H groups in total. The SMILES string of the molecule is O=C1/C(=C\c2ccc(-c3cccc(Cl)c3)o2)SC(=S)N1C[C@H]1CCCO1. The molecule has 1 atom stereocenters. The zero-order chi connectivity index (χ0) is 18.1. The van der Waals surface area contributed by atoms with Crippen molar-refractivity contribution in [3.63, 3.8) is 0 Å². The number of carbonyl (C=O) groups is 1. The molecule has 0 unspecified atom stereocenters. The number of ether oxygens (including phenoxy) is 1. The Kier molecular flexibility index (Phi) is 5.18. The van der Waals surface area contributed by atoms with Crippen LogP contribution in [0, 0.1) is 0 Å². The Morgan fingerprint density at radius 2 is 2.23 bits per heavy atom. The van der Waals surface area contributed by atoms with Crippen molar-refractivity contribution in [3.8, 4) is 11.3 Å². The van der Waals surface area contributed by atoms with Gasteiger partial charge in [-0.3, -0.25) is 9.69 Å².